The molecule has 0 unspecified atom stereocenters. The van der Waals surface area contributed by atoms with Crippen LogP contribution in [0, 0.1) is 5.92 Å². The maximum absolute atomic E-state index is 3.23. The lowest BCUT2D eigenvalue weighted by molar-refractivity contribution is 0.361. The van der Waals surface area contributed by atoms with E-state index in [1.54, 1.807) is 0 Å². The Bertz CT molecular complexity index is 66.6. The van der Waals surface area contributed by atoms with Crippen LogP contribution < -0.4 is 4.34 Å². The predicted octanol–water partition coefficient (Wildman–Crippen LogP) is 2.47. The average Bonchev–Trinajstić information content (AvgIpc) is 1.91. The van der Waals surface area contributed by atoms with Crippen molar-refractivity contribution in [1.82, 2.24) is 4.34 Å². The molecule has 1 nitrogen and oxygen atoms in total. The lowest BCUT2D eigenvalue weighted by atomic mass is 9.90. The molecule has 0 bridgehead atoms. The molecule has 0 aromatic heterocycles. The summed E-state index contributed by atoms with van der Waals surface area (Å²) in [4.78, 5) is 0. The molecule has 1 N–H and O–H groups in total. The summed E-state index contributed by atoms with van der Waals surface area (Å²) < 4.78 is 3.05. The third kappa shape index (κ3) is 2.67. The van der Waals surface area contributed by atoms with Crippen molar-refractivity contribution in [2.75, 3.05) is 6.54 Å². The molecule has 2 heteroatoms. The van der Waals surface area contributed by atoms with Crippen molar-refractivity contribution in [3.8, 4) is 0 Å². The van der Waals surface area contributed by atoms with E-state index < -0.39 is 0 Å². The van der Waals surface area contributed by atoms with Gasteiger partial charge in [0.25, 0.3) is 0 Å². The Morgan fingerprint density at radius 3 is 2.44 bits per heavy atom. The van der Waals surface area contributed by atoms with Crippen molar-refractivity contribution in [1.29, 1.82) is 0 Å². The van der Waals surface area contributed by atoms with Gasteiger partial charge in [0.1, 0.15) is 0 Å². The molecule has 1 aliphatic carbocycles. The van der Waals surface area contributed by atoms with Crippen molar-refractivity contribution in [2.45, 2.75) is 32.1 Å². The molecule has 9 heavy (non-hydrogen) atoms. The van der Waals surface area contributed by atoms with E-state index in [-0.39, 0.29) is 0 Å². The summed E-state index contributed by atoms with van der Waals surface area (Å²) in [5.74, 6) is 0.943. The highest BCUT2D eigenvalue weighted by atomic mass is 79.9. The van der Waals surface area contributed by atoms with E-state index in [0.29, 0.717) is 0 Å². The maximum atomic E-state index is 3.23. The standard InChI is InChI=1S/C7H14BrN/c8-9-6-7-4-2-1-3-5-7/h7,9H,1-6H2. The number of halogens is 1. The minimum absolute atomic E-state index is 0.943. The normalized spacial score (nSPS) is 22.3. The molecular formula is C7H14BrN. The third-order valence-corrected chi connectivity index (χ3v) is 2.41. The smallest absolute Gasteiger partial charge is 0.00898 e. The predicted molar refractivity (Wildman–Crippen MR) is 43.5 cm³/mol. The molecule has 0 heterocycles. The molecule has 0 amide bonds. The van der Waals surface area contributed by atoms with Gasteiger partial charge in [0, 0.05) is 22.7 Å². The molecule has 1 saturated carbocycles. The average molecular weight is 192 g/mol. The monoisotopic (exact) mass is 191 g/mol. The molecule has 0 atom stereocenters. The zero-order chi connectivity index (χ0) is 6.53. The number of hydrogen-bond donors (Lipinski definition) is 1. The lowest BCUT2D eigenvalue weighted by Crippen LogP contribution is -2.17. The SMILES string of the molecule is BrNCC1CCCCC1. The topological polar surface area (TPSA) is 12.0 Å². The van der Waals surface area contributed by atoms with Gasteiger partial charge in [0.05, 0.1) is 0 Å². The molecule has 1 rings (SSSR count). The van der Waals surface area contributed by atoms with Gasteiger partial charge in [-0.15, -0.1) is 0 Å². The van der Waals surface area contributed by atoms with Crippen molar-refractivity contribution in [3.05, 3.63) is 0 Å². The first-order valence-electron chi connectivity index (χ1n) is 3.77. The molecule has 54 valence electrons. The minimum atomic E-state index is 0.943. The van der Waals surface area contributed by atoms with Crippen LogP contribution in [0.4, 0.5) is 0 Å². The highest BCUT2D eigenvalue weighted by Crippen LogP contribution is 2.22. The van der Waals surface area contributed by atoms with E-state index in [2.05, 4.69) is 20.5 Å². The highest BCUT2D eigenvalue weighted by molar-refractivity contribution is 9.08. The molecule has 0 aromatic carbocycles. The molecule has 0 aromatic rings. The van der Waals surface area contributed by atoms with Gasteiger partial charge in [-0.25, -0.2) is 0 Å². The molecule has 1 aliphatic rings. The first-order chi connectivity index (χ1) is 4.43. The number of hydrogen-bond acceptors (Lipinski definition) is 1. The van der Waals surface area contributed by atoms with Crippen molar-refractivity contribution in [2.24, 2.45) is 5.92 Å². The second-order valence-corrected chi connectivity index (χ2v) is 3.40. The first kappa shape index (κ1) is 7.55. The zero-order valence-corrected chi connectivity index (χ0v) is 7.28. The quantitative estimate of drug-likeness (QED) is 0.662. The summed E-state index contributed by atoms with van der Waals surface area (Å²) in [5, 5.41) is 0. The summed E-state index contributed by atoms with van der Waals surface area (Å²) in [6, 6.07) is 0. The molecule has 0 spiro atoms. The molecular weight excluding hydrogens is 178 g/mol. The highest BCUT2D eigenvalue weighted by Gasteiger charge is 2.11. The largest absolute Gasteiger partial charge is 0.256 e. The number of nitrogens with one attached hydrogen (secondary N) is 1. The van der Waals surface area contributed by atoms with Crippen LogP contribution in [0.2, 0.25) is 0 Å². The van der Waals surface area contributed by atoms with Crippen molar-refractivity contribution < 1.29 is 0 Å². The van der Waals surface area contributed by atoms with Crippen LogP contribution >= 0.6 is 16.1 Å². The van der Waals surface area contributed by atoms with Gasteiger partial charge in [-0.3, -0.25) is 4.34 Å². The summed E-state index contributed by atoms with van der Waals surface area (Å²) in [5.41, 5.74) is 0. The zero-order valence-electron chi connectivity index (χ0n) is 5.70. The Labute approximate surface area is 65.6 Å². The lowest BCUT2D eigenvalue weighted by Gasteiger charge is -2.19. The fourth-order valence-electron chi connectivity index (χ4n) is 1.50. The summed E-state index contributed by atoms with van der Waals surface area (Å²) in [6.45, 7) is 1.15. The van der Waals surface area contributed by atoms with Gasteiger partial charge in [0.15, 0.2) is 0 Å². The number of rotatable bonds is 2. The Kier molecular flexibility index (Phi) is 3.59. The Morgan fingerprint density at radius 2 is 1.89 bits per heavy atom. The van der Waals surface area contributed by atoms with E-state index in [4.69, 9.17) is 0 Å². The van der Waals surface area contributed by atoms with Crippen LogP contribution in [0.15, 0.2) is 0 Å². The maximum Gasteiger partial charge on any atom is 0.00898 e. The van der Waals surface area contributed by atoms with E-state index in [1.807, 2.05) is 0 Å². The molecule has 1 fully saturated rings. The van der Waals surface area contributed by atoms with Crippen LogP contribution in [-0.2, 0) is 0 Å². The van der Waals surface area contributed by atoms with E-state index >= 15 is 0 Å². The van der Waals surface area contributed by atoms with Crippen LogP contribution in [0.25, 0.3) is 0 Å². The fourth-order valence-corrected chi connectivity index (χ4v) is 1.96. The molecule has 0 radical (unpaired) electrons. The Morgan fingerprint density at radius 1 is 1.22 bits per heavy atom. The van der Waals surface area contributed by atoms with E-state index in [0.717, 1.165) is 12.5 Å². The summed E-state index contributed by atoms with van der Waals surface area (Å²) in [6.07, 6.45) is 7.20. The first-order valence-corrected chi connectivity index (χ1v) is 4.56. The van der Waals surface area contributed by atoms with Crippen LogP contribution in [0.3, 0.4) is 0 Å². The summed E-state index contributed by atoms with van der Waals surface area (Å²) >= 11 is 3.23. The van der Waals surface area contributed by atoms with Gasteiger partial charge in [0.2, 0.25) is 0 Å². The van der Waals surface area contributed by atoms with Gasteiger partial charge in [-0.2, -0.15) is 0 Å². The van der Waals surface area contributed by atoms with E-state index in [9.17, 15) is 0 Å². The third-order valence-electron chi connectivity index (χ3n) is 2.09. The molecule has 0 saturated heterocycles. The van der Waals surface area contributed by atoms with Gasteiger partial charge in [-0.1, -0.05) is 19.3 Å². The van der Waals surface area contributed by atoms with Gasteiger partial charge in [-0.05, 0) is 18.8 Å². The second kappa shape index (κ2) is 4.29. The van der Waals surface area contributed by atoms with Crippen LogP contribution in [-0.4, -0.2) is 6.54 Å². The molecule has 0 aliphatic heterocycles. The summed E-state index contributed by atoms with van der Waals surface area (Å²) in [7, 11) is 0. The van der Waals surface area contributed by atoms with Crippen molar-refractivity contribution >= 4 is 16.1 Å². The van der Waals surface area contributed by atoms with Gasteiger partial charge < -0.3 is 0 Å². The van der Waals surface area contributed by atoms with Gasteiger partial charge >= 0.3 is 0 Å². The minimum Gasteiger partial charge on any atom is -0.256 e. The second-order valence-electron chi connectivity index (χ2n) is 2.84. The van der Waals surface area contributed by atoms with Crippen LogP contribution in [0.5, 0.6) is 0 Å². The van der Waals surface area contributed by atoms with Crippen LogP contribution in [0.1, 0.15) is 32.1 Å². The Hall–Kier alpha value is 0.440. The Balaban J connectivity index is 2.08. The fraction of sp³-hybridized carbons (Fsp3) is 1.00. The van der Waals surface area contributed by atoms with E-state index in [1.165, 1.54) is 32.1 Å². The van der Waals surface area contributed by atoms with Crippen molar-refractivity contribution in [3.63, 3.8) is 0 Å².